The number of amides is 1. The lowest BCUT2D eigenvalue weighted by Gasteiger charge is -2.28. The van der Waals surface area contributed by atoms with Crippen molar-refractivity contribution >= 4 is 5.91 Å². The molecule has 2 aromatic rings. The zero-order valence-electron chi connectivity index (χ0n) is 14.1. The Hall–Kier alpha value is -2.76. The molecule has 0 bridgehead atoms. The van der Waals surface area contributed by atoms with Gasteiger partial charge in [0.15, 0.2) is 0 Å². The molecule has 0 spiro atoms. The summed E-state index contributed by atoms with van der Waals surface area (Å²) in [5.41, 5.74) is 3.53. The fraction of sp³-hybridized carbons (Fsp3) is 0.368. The van der Waals surface area contributed by atoms with Crippen LogP contribution >= 0.6 is 0 Å². The van der Waals surface area contributed by atoms with Gasteiger partial charge in [0, 0.05) is 25.2 Å². The van der Waals surface area contributed by atoms with Crippen LogP contribution in [0.1, 0.15) is 17.0 Å². The Kier molecular flexibility index (Phi) is 4.41. The van der Waals surface area contributed by atoms with Gasteiger partial charge < -0.3 is 18.9 Å². The van der Waals surface area contributed by atoms with Crippen molar-refractivity contribution in [2.75, 3.05) is 19.8 Å². The van der Waals surface area contributed by atoms with Gasteiger partial charge in [0.05, 0.1) is 18.6 Å². The van der Waals surface area contributed by atoms with Gasteiger partial charge >= 0.3 is 0 Å². The third kappa shape index (κ3) is 3.38. The van der Waals surface area contributed by atoms with Crippen LogP contribution in [-0.2, 0) is 40.2 Å². The molecule has 0 aliphatic carbocycles. The number of imidazole rings is 1. The molecule has 25 heavy (non-hydrogen) atoms. The van der Waals surface area contributed by atoms with Gasteiger partial charge in [-0.3, -0.25) is 4.79 Å². The van der Waals surface area contributed by atoms with Crippen molar-refractivity contribution in [2.45, 2.75) is 25.9 Å². The zero-order chi connectivity index (χ0) is 17.1. The van der Waals surface area contributed by atoms with E-state index in [0.29, 0.717) is 32.1 Å². The molecule has 0 N–H and O–H groups in total. The van der Waals surface area contributed by atoms with E-state index in [1.54, 1.807) is 4.90 Å². The maximum absolute atomic E-state index is 12.5. The number of benzene rings is 1. The van der Waals surface area contributed by atoms with Crippen molar-refractivity contribution in [1.29, 1.82) is 0 Å². The number of nitrogens with zero attached hydrogens (tertiary/aromatic N) is 3. The van der Waals surface area contributed by atoms with E-state index in [9.17, 15) is 4.79 Å². The van der Waals surface area contributed by atoms with Crippen LogP contribution in [0.5, 0.6) is 0 Å². The van der Waals surface area contributed by atoms with Crippen molar-refractivity contribution in [1.82, 2.24) is 14.5 Å². The van der Waals surface area contributed by atoms with E-state index in [4.69, 9.17) is 9.47 Å². The molecule has 2 aliphatic rings. The minimum atomic E-state index is -0.121. The van der Waals surface area contributed by atoms with E-state index in [1.807, 2.05) is 12.4 Å². The molecule has 1 aromatic heterocycles. The van der Waals surface area contributed by atoms with Gasteiger partial charge in [0.2, 0.25) is 5.76 Å². The Morgan fingerprint density at radius 1 is 1.20 bits per heavy atom. The molecule has 3 heterocycles. The highest BCUT2D eigenvalue weighted by Crippen LogP contribution is 2.21. The second kappa shape index (κ2) is 7.01. The van der Waals surface area contributed by atoms with Gasteiger partial charge in [-0.15, -0.1) is 0 Å². The lowest BCUT2D eigenvalue weighted by atomic mass is 10.1. The predicted octanol–water partition coefficient (Wildman–Crippen LogP) is 1.90. The van der Waals surface area contributed by atoms with Crippen molar-refractivity contribution in [3.63, 3.8) is 0 Å². The van der Waals surface area contributed by atoms with Crippen molar-refractivity contribution in [3.05, 3.63) is 65.6 Å². The highest BCUT2D eigenvalue weighted by atomic mass is 16.6. The molecule has 0 fully saturated rings. The molecule has 0 saturated carbocycles. The molecule has 6 nitrogen and oxygen atoms in total. The molecule has 0 unspecified atom stereocenters. The first-order chi connectivity index (χ1) is 12.3. The summed E-state index contributed by atoms with van der Waals surface area (Å²) in [5, 5.41) is 0. The molecule has 0 saturated heterocycles. The Morgan fingerprint density at radius 2 is 2.08 bits per heavy atom. The molecule has 6 heteroatoms. The molecule has 2 aliphatic heterocycles. The van der Waals surface area contributed by atoms with Crippen LogP contribution in [0.15, 0.2) is 48.7 Å². The molecule has 0 radical (unpaired) electrons. The maximum Gasteiger partial charge on any atom is 0.292 e. The monoisotopic (exact) mass is 339 g/mol. The van der Waals surface area contributed by atoms with Gasteiger partial charge in [-0.05, 0) is 12.0 Å². The Balaban J connectivity index is 1.42. The van der Waals surface area contributed by atoms with E-state index in [0.717, 1.165) is 25.1 Å². The number of carbonyl (C=O) groups is 1. The lowest BCUT2D eigenvalue weighted by Crippen LogP contribution is -2.38. The predicted molar refractivity (Wildman–Crippen MR) is 91.5 cm³/mol. The zero-order valence-corrected chi connectivity index (χ0v) is 14.1. The van der Waals surface area contributed by atoms with E-state index >= 15 is 0 Å². The number of aryl methyl sites for hydroxylation is 2. The number of aromatic nitrogens is 2. The highest BCUT2D eigenvalue weighted by molar-refractivity contribution is 5.91. The van der Waals surface area contributed by atoms with Crippen LogP contribution in [0.25, 0.3) is 0 Å². The summed E-state index contributed by atoms with van der Waals surface area (Å²) in [6.07, 6.45) is 5.09. The summed E-state index contributed by atoms with van der Waals surface area (Å²) >= 11 is 0. The van der Waals surface area contributed by atoms with E-state index in [2.05, 4.69) is 33.8 Å². The second-order valence-corrected chi connectivity index (χ2v) is 6.25. The first kappa shape index (κ1) is 15.7. The van der Waals surface area contributed by atoms with Crippen LogP contribution in [-0.4, -0.2) is 40.1 Å². The number of hydrogen-bond donors (Lipinski definition) is 0. The van der Waals surface area contributed by atoms with Crippen molar-refractivity contribution in [3.8, 4) is 0 Å². The van der Waals surface area contributed by atoms with Crippen LogP contribution < -0.4 is 0 Å². The standard InChI is InChI=1S/C19H21N3O3/c23-19(18-13-24-10-11-25-18)21-9-7-17-16(12-21)20-14-22(17)8-6-15-4-2-1-3-5-15/h1-5,13-14H,6-12H2. The smallest absolute Gasteiger partial charge is 0.292 e. The van der Waals surface area contributed by atoms with Crippen LogP contribution in [0.4, 0.5) is 0 Å². The first-order valence-corrected chi connectivity index (χ1v) is 8.62. The summed E-state index contributed by atoms with van der Waals surface area (Å²) in [4.78, 5) is 18.8. The summed E-state index contributed by atoms with van der Waals surface area (Å²) in [7, 11) is 0. The number of ether oxygens (including phenoxy) is 2. The normalized spacial score (nSPS) is 16.5. The molecule has 1 amide bonds. The van der Waals surface area contributed by atoms with Crippen LogP contribution in [0.2, 0.25) is 0 Å². The average molecular weight is 339 g/mol. The Bertz CT molecular complexity index is 782. The average Bonchev–Trinajstić information content (AvgIpc) is 3.09. The Morgan fingerprint density at radius 3 is 2.88 bits per heavy atom. The SMILES string of the molecule is O=C(C1=COCCO1)N1CCc2c(ncn2CCc2ccccc2)C1. The molecular formula is C19H21N3O3. The van der Waals surface area contributed by atoms with Gasteiger partial charge in [0.25, 0.3) is 5.91 Å². The number of fused-ring (bicyclic) bond motifs is 1. The molecule has 1 aromatic carbocycles. The summed E-state index contributed by atoms with van der Waals surface area (Å²) in [6, 6.07) is 10.4. The van der Waals surface area contributed by atoms with E-state index in [-0.39, 0.29) is 5.91 Å². The molecule has 130 valence electrons. The first-order valence-electron chi connectivity index (χ1n) is 8.62. The summed E-state index contributed by atoms with van der Waals surface area (Å²) < 4.78 is 12.8. The largest absolute Gasteiger partial charge is 0.494 e. The highest BCUT2D eigenvalue weighted by Gasteiger charge is 2.28. The molecule has 4 rings (SSSR count). The quantitative estimate of drug-likeness (QED) is 0.854. The summed E-state index contributed by atoms with van der Waals surface area (Å²) in [5.74, 6) is 0.169. The minimum Gasteiger partial charge on any atom is -0.494 e. The Labute approximate surface area is 146 Å². The van der Waals surface area contributed by atoms with Crippen molar-refractivity contribution in [2.24, 2.45) is 0 Å². The van der Waals surface area contributed by atoms with Gasteiger partial charge in [0.1, 0.15) is 19.5 Å². The van der Waals surface area contributed by atoms with Gasteiger partial charge in [-0.25, -0.2) is 4.98 Å². The van der Waals surface area contributed by atoms with Gasteiger partial charge in [-0.2, -0.15) is 0 Å². The third-order valence-electron chi connectivity index (χ3n) is 4.62. The van der Waals surface area contributed by atoms with Gasteiger partial charge in [-0.1, -0.05) is 30.3 Å². The van der Waals surface area contributed by atoms with E-state index < -0.39 is 0 Å². The minimum absolute atomic E-state index is 0.121. The van der Waals surface area contributed by atoms with Crippen molar-refractivity contribution < 1.29 is 14.3 Å². The fourth-order valence-electron chi connectivity index (χ4n) is 3.27. The molecule has 0 atom stereocenters. The third-order valence-corrected chi connectivity index (χ3v) is 4.62. The number of carbonyl (C=O) groups excluding carboxylic acids is 1. The summed E-state index contributed by atoms with van der Waals surface area (Å²) in [6.45, 7) is 3.01. The topological polar surface area (TPSA) is 56.6 Å². The number of rotatable bonds is 4. The van der Waals surface area contributed by atoms with E-state index in [1.165, 1.54) is 17.5 Å². The van der Waals surface area contributed by atoms with Crippen LogP contribution in [0.3, 0.4) is 0 Å². The van der Waals surface area contributed by atoms with Crippen LogP contribution in [0, 0.1) is 0 Å². The number of hydrogen-bond acceptors (Lipinski definition) is 4. The lowest BCUT2D eigenvalue weighted by molar-refractivity contribution is -0.133. The maximum atomic E-state index is 12.5. The molecular weight excluding hydrogens is 318 g/mol. The fourth-order valence-corrected chi connectivity index (χ4v) is 3.27. The second-order valence-electron chi connectivity index (χ2n) is 6.25.